The molecule has 6 atom stereocenters. The van der Waals surface area contributed by atoms with E-state index in [1.807, 2.05) is 42.5 Å². The summed E-state index contributed by atoms with van der Waals surface area (Å²) in [5.74, 6) is 0.963. The number of nitrogens with zero attached hydrogens (tertiary/aromatic N) is 2. The van der Waals surface area contributed by atoms with Crippen LogP contribution in [-0.4, -0.2) is 57.0 Å². The van der Waals surface area contributed by atoms with Crippen LogP contribution in [0.1, 0.15) is 88.5 Å². The molecular weight excluding hydrogens is 590 g/mol. The van der Waals surface area contributed by atoms with Gasteiger partial charge < -0.3 is 34.3 Å². The fourth-order valence-electron chi connectivity index (χ4n) is 6.83. The molecule has 0 amide bonds. The zero-order valence-corrected chi connectivity index (χ0v) is 27.9. The van der Waals surface area contributed by atoms with Gasteiger partial charge in [0.15, 0.2) is 12.5 Å². The van der Waals surface area contributed by atoms with Crippen molar-refractivity contribution in [2.24, 2.45) is 0 Å². The van der Waals surface area contributed by atoms with Crippen molar-refractivity contribution in [3.63, 3.8) is 0 Å². The first-order valence-electron chi connectivity index (χ1n) is 17.7. The van der Waals surface area contributed by atoms with E-state index in [1.54, 1.807) is 0 Å². The molecular formula is C39H51N3O5. The third kappa shape index (κ3) is 8.24. The molecule has 1 unspecified atom stereocenters. The van der Waals surface area contributed by atoms with Crippen LogP contribution in [0.25, 0.3) is 22.4 Å². The van der Waals surface area contributed by atoms with Crippen LogP contribution in [0.3, 0.4) is 0 Å². The van der Waals surface area contributed by atoms with Crippen LogP contribution < -0.4 is 5.32 Å². The Kier molecular flexibility index (Phi) is 11.6. The second-order valence-corrected chi connectivity index (χ2v) is 13.2. The van der Waals surface area contributed by atoms with Crippen LogP contribution in [0, 0.1) is 6.92 Å². The van der Waals surface area contributed by atoms with Crippen LogP contribution in [0.4, 0.5) is 5.69 Å². The number of unbranched alkanes of at least 4 members (excludes halogenated alkanes) is 9. The maximum Gasteiger partial charge on any atom is 0.184 e. The standard InChI is InChI=1S/C39H51N3O5/c1-3-4-5-6-7-8-9-10-11-15-24-42-32-23-18-27(2)25-31(32)41-37(42)28-19-21-30(22-20-28)40-38-35(44)34(43)36-33(46-38)26-45-39(47-36)29-16-13-12-14-17-29/h12-14,16-23,25,33-36,38-40,43-44H,3-11,15,24,26H2,1-2H3/t33-,34-,35-,36-,38-,39?/m1/s1. The van der Waals surface area contributed by atoms with Gasteiger partial charge in [0.25, 0.3) is 0 Å². The Morgan fingerprint density at radius 2 is 1.51 bits per heavy atom. The lowest BCUT2D eigenvalue weighted by molar-refractivity contribution is -0.325. The third-order valence-corrected chi connectivity index (χ3v) is 9.54. The van der Waals surface area contributed by atoms with Gasteiger partial charge in [-0.2, -0.15) is 0 Å². The summed E-state index contributed by atoms with van der Waals surface area (Å²) in [6.07, 6.45) is 8.15. The minimum absolute atomic E-state index is 0.250. The lowest BCUT2D eigenvalue weighted by Gasteiger charge is -2.46. The highest BCUT2D eigenvalue weighted by atomic mass is 16.7. The quantitative estimate of drug-likeness (QED) is 0.114. The number of aliphatic hydroxyl groups is 2. The molecule has 0 bridgehead atoms. The predicted molar refractivity (Wildman–Crippen MR) is 186 cm³/mol. The van der Waals surface area contributed by atoms with E-state index in [0.29, 0.717) is 0 Å². The van der Waals surface area contributed by atoms with E-state index in [4.69, 9.17) is 19.2 Å². The molecule has 3 N–H and O–H groups in total. The molecule has 47 heavy (non-hydrogen) atoms. The summed E-state index contributed by atoms with van der Waals surface area (Å²) in [5, 5.41) is 25.3. The number of hydrogen-bond acceptors (Lipinski definition) is 7. The Morgan fingerprint density at radius 3 is 2.23 bits per heavy atom. The maximum absolute atomic E-state index is 11.0. The summed E-state index contributed by atoms with van der Waals surface area (Å²) in [7, 11) is 0. The molecule has 8 heteroatoms. The van der Waals surface area contributed by atoms with Gasteiger partial charge in [-0.25, -0.2) is 4.98 Å². The van der Waals surface area contributed by atoms with E-state index in [9.17, 15) is 10.2 Å². The highest BCUT2D eigenvalue weighted by Gasteiger charge is 2.48. The number of imidazole rings is 1. The van der Waals surface area contributed by atoms with Crippen LogP contribution in [0.5, 0.6) is 0 Å². The Morgan fingerprint density at radius 1 is 0.809 bits per heavy atom. The lowest BCUT2D eigenvalue weighted by Crippen LogP contribution is -2.63. The molecule has 2 aliphatic heterocycles. The van der Waals surface area contributed by atoms with Gasteiger partial charge in [0.1, 0.15) is 30.2 Å². The second-order valence-electron chi connectivity index (χ2n) is 13.2. The van der Waals surface area contributed by atoms with Gasteiger partial charge in [0, 0.05) is 23.4 Å². The lowest BCUT2D eigenvalue weighted by atomic mass is 9.97. The number of benzene rings is 3. The van der Waals surface area contributed by atoms with Crippen molar-refractivity contribution in [2.45, 2.75) is 122 Å². The van der Waals surface area contributed by atoms with Gasteiger partial charge in [-0.3, -0.25) is 0 Å². The second kappa shape index (κ2) is 16.2. The molecule has 3 aromatic carbocycles. The Balaban J connectivity index is 1.07. The van der Waals surface area contributed by atoms with Crippen molar-refractivity contribution < 1.29 is 24.4 Å². The average Bonchev–Trinajstić information content (AvgIpc) is 3.45. The number of ether oxygens (including phenoxy) is 3. The van der Waals surface area contributed by atoms with Gasteiger partial charge in [-0.1, -0.05) is 101 Å². The van der Waals surface area contributed by atoms with Crippen molar-refractivity contribution >= 4 is 16.7 Å². The van der Waals surface area contributed by atoms with Crippen LogP contribution in [0.2, 0.25) is 0 Å². The fourth-order valence-corrected chi connectivity index (χ4v) is 6.83. The Bertz CT molecular complexity index is 1540. The molecule has 6 rings (SSSR count). The van der Waals surface area contributed by atoms with Gasteiger partial charge in [0.05, 0.1) is 17.6 Å². The van der Waals surface area contributed by atoms with E-state index in [1.165, 1.54) is 63.4 Å². The summed E-state index contributed by atoms with van der Waals surface area (Å²) >= 11 is 0. The monoisotopic (exact) mass is 641 g/mol. The van der Waals surface area contributed by atoms with Crippen LogP contribution in [0.15, 0.2) is 72.8 Å². The molecule has 2 saturated heterocycles. The number of rotatable bonds is 15. The van der Waals surface area contributed by atoms with Crippen LogP contribution >= 0.6 is 0 Å². The summed E-state index contributed by atoms with van der Waals surface area (Å²) < 4.78 is 20.5. The molecule has 2 fully saturated rings. The van der Waals surface area contributed by atoms with Crippen molar-refractivity contribution in [1.82, 2.24) is 9.55 Å². The highest BCUT2D eigenvalue weighted by molar-refractivity contribution is 5.81. The van der Waals surface area contributed by atoms with Gasteiger partial charge >= 0.3 is 0 Å². The molecule has 252 valence electrons. The first kappa shape index (κ1) is 33.6. The molecule has 8 nitrogen and oxygen atoms in total. The van der Waals surface area contributed by atoms with Crippen LogP contribution in [-0.2, 0) is 20.8 Å². The third-order valence-electron chi connectivity index (χ3n) is 9.54. The van der Waals surface area contributed by atoms with Gasteiger partial charge in [-0.15, -0.1) is 0 Å². The molecule has 0 saturated carbocycles. The smallest absolute Gasteiger partial charge is 0.184 e. The largest absolute Gasteiger partial charge is 0.387 e. The molecule has 2 aliphatic rings. The predicted octanol–water partition coefficient (Wildman–Crippen LogP) is 7.91. The number of anilines is 1. The normalized spacial score (nSPS) is 24.3. The van der Waals surface area contributed by atoms with E-state index < -0.39 is 36.9 Å². The molecule has 0 aliphatic carbocycles. The number of aliphatic hydroxyl groups excluding tert-OH is 2. The number of nitrogens with one attached hydrogen (secondary N) is 1. The maximum atomic E-state index is 11.0. The molecule has 0 radical (unpaired) electrons. The SMILES string of the molecule is CCCCCCCCCCCCn1c(-c2ccc(N[C@@H]3O[C@@H]4COC(c5ccccc5)O[C@H]4[C@H](O)[C@H]3O)cc2)nc2cc(C)ccc21. The average molecular weight is 642 g/mol. The van der Waals surface area contributed by atoms with E-state index >= 15 is 0 Å². The molecule has 4 aromatic rings. The summed E-state index contributed by atoms with van der Waals surface area (Å²) in [4.78, 5) is 5.07. The minimum Gasteiger partial charge on any atom is -0.387 e. The van der Waals surface area contributed by atoms with Crippen molar-refractivity contribution in [3.05, 3.63) is 83.9 Å². The molecule has 0 spiro atoms. The Hall–Kier alpha value is -3.27. The Labute approximate surface area is 279 Å². The number of fused-ring (bicyclic) bond motifs is 2. The van der Waals surface area contributed by atoms with Crippen molar-refractivity contribution in [1.29, 1.82) is 0 Å². The van der Waals surface area contributed by atoms with E-state index in [0.717, 1.165) is 46.6 Å². The van der Waals surface area contributed by atoms with Crippen molar-refractivity contribution in [3.8, 4) is 11.4 Å². The molecule has 1 aromatic heterocycles. The first-order valence-corrected chi connectivity index (χ1v) is 17.7. The van der Waals surface area contributed by atoms with E-state index in [2.05, 4.69) is 54.1 Å². The topological polar surface area (TPSA) is 98.0 Å². The number of aromatic nitrogens is 2. The minimum atomic E-state index is -1.18. The zero-order valence-electron chi connectivity index (χ0n) is 27.9. The summed E-state index contributed by atoms with van der Waals surface area (Å²) in [6, 6.07) is 24.1. The number of hydrogen-bond donors (Lipinski definition) is 3. The van der Waals surface area contributed by atoms with E-state index in [-0.39, 0.29) is 6.61 Å². The fraction of sp³-hybridized carbons (Fsp3) is 0.513. The van der Waals surface area contributed by atoms with Crippen molar-refractivity contribution in [2.75, 3.05) is 11.9 Å². The zero-order chi connectivity index (χ0) is 32.6. The summed E-state index contributed by atoms with van der Waals surface area (Å²) in [5.41, 5.74) is 6.05. The molecule has 3 heterocycles. The van der Waals surface area contributed by atoms with Gasteiger partial charge in [-0.05, 0) is 55.3 Å². The summed E-state index contributed by atoms with van der Waals surface area (Å²) in [6.45, 7) is 5.56. The highest BCUT2D eigenvalue weighted by Crippen LogP contribution is 2.35. The first-order chi connectivity index (χ1) is 23.0. The number of aryl methyl sites for hydroxylation is 2. The van der Waals surface area contributed by atoms with Gasteiger partial charge in [0.2, 0.25) is 0 Å².